The SMILES string of the molecule is COc1cc(C)c(Br)c(-c2cn[nH]c2N)c1O. The molecule has 0 aliphatic rings. The number of aromatic nitrogens is 2. The van der Waals surface area contributed by atoms with E-state index >= 15 is 0 Å². The molecule has 0 bridgehead atoms. The van der Waals surface area contributed by atoms with E-state index in [4.69, 9.17) is 10.5 Å². The van der Waals surface area contributed by atoms with Crippen molar-refractivity contribution < 1.29 is 9.84 Å². The van der Waals surface area contributed by atoms with E-state index in [1.54, 1.807) is 12.3 Å². The fourth-order valence-corrected chi connectivity index (χ4v) is 2.17. The van der Waals surface area contributed by atoms with Gasteiger partial charge < -0.3 is 15.6 Å². The van der Waals surface area contributed by atoms with Gasteiger partial charge in [-0.1, -0.05) is 0 Å². The highest BCUT2D eigenvalue weighted by Crippen LogP contribution is 2.45. The highest BCUT2D eigenvalue weighted by molar-refractivity contribution is 9.10. The molecule has 0 fully saturated rings. The van der Waals surface area contributed by atoms with E-state index in [9.17, 15) is 5.11 Å². The van der Waals surface area contributed by atoms with Crippen LogP contribution in [0, 0.1) is 6.92 Å². The first kappa shape index (κ1) is 11.8. The summed E-state index contributed by atoms with van der Waals surface area (Å²) in [6.45, 7) is 1.91. The lowest BCUT2D eigenvalue weighted by molar-refractivity contribution is 0.374. The van der Waals surface area contributed by atoms with Crippen molar-refractivity contribution in [2.75, 3.05) is 12.8 Å². The van der Waals surface area contributed by atoms with Gasteiger partial charge in [-0.2, -0.15) is 5.10 Å². The molecule has 0 amide bonds. The van der Waals surface area contributed by atoms with Crippen molar-refractivity contribution in [3.05, 3.63) is 22.3 Å². The summed E-state index contributed by atoms with van der Waals surface area (Å²) < 4.78 is 5.88. The van der Waals surface area contributed by atoms with E-state index in [1.807, 2.05) is 6.92 Å². The van der Waals surface area contributed by atoms with Gasteiger partial charge in [-0.3, -0.25) is 5.10 Å². The zero-order valence-electron chi connectivity index (χ0n) is 9.41. The van der Waals surface area contributed by atoms with Gasteiger partial charge in [0.05, 0.1) is 13.3 Å². The number of rotatable bonds is 2. The Balaban J connectivity index is 2.76. The standard InChI is InChI=1S/C11H12BrN3O2/c1-5-3-7(17-2)10(16)8(9(5)12)6-4-14-15-11(6)13/h3-4,16H,1-2H3,(H3,13,14,15). The molecule has 0 saturated carbocycles. The van der Waals surface area contributed by atoms with Crippen LogP contribution >= 0.6 is 15.9 Å². The number of phenolic OH excluding ortho intramolecular Hbond substituents is 1. The van der Waals surface area contributed by atoms with Crippen molar-refractivity contribution in [3.63, 3.8) is 0 Å². The van der Waals surface area contributed by atoms with Crippen LogP contribution in [0.15, 0.2) is 16.7 Å². The van der Waals surface area contributed by atoms with Gasteiger partial charge >= 0.3 is 0 Å². The number of methoxy groups -OCH3 is 1. The number of phenols is 1. The maximum atomic E-state index is 10.1. The average molecular weight is 298 g/mol. The second kappa shape index (κ2) is 4.29. The van der Waals surface area contributed by atoms with Gasteiger partial charge in [-0.25, -0.2) is 0 Å². The number of aryl methyl sites for hydroxylation is 1. The Morgan fingerprint density at radius 2 is 2.24 bits per heavy atom. The average Bonchev–Trinajstić information content (AvgIpc) is 2.71. The molecule has 6 heteroatoms. The van der Waals surface area contributed by atoms with E-state index in [-0.39, 0.29) is 5.75 Å². The minimum Gasteiger partial charge on any atom is -0.504 e. The van der Waals surface area contributed by atoms with Gasteiger partial charge in [-0.15, -0.1) is 0 Å². The zero-order chi connectivity index (χ0) is 12.6. The Hall–Kier alpha value is -1.69. The van der Waals surface area contributed by atoms with Crippen LogP contribution in [0.4, 0.5) is 5.82 Å². The number of halogens is 1. The fourth-order valence-electron chi connectivity index (χ4n) is 1.65. The first-order valence-corrected chi connectivity index (χ1v) is 5.70. The summed E-state index contributed by atoms with van der Waals surface area (Å²) in [5, 5.41) is 16.6. The lowest BCUT2D eigenvalue weighted by atomic mass is 10.0. The third-order valence-electron chi connectivity index (χ3n) is 2.54. The Morgan fingerprint density at radius 3 is 2.76 bits per heavy atom. The minimum atomic E-state index is 0.0399. The van der Waals surface area contributed by atoms with Crippen LogP contribution in [0.3, 0.4) is 0 Å². The summed E-state index contributed by atoms with van der Waals surface area (Å²) in [4.78, 5) is 0. The van der Waals surface area contributed by atoms with Crippen LogP contribution in [-0.2, 0) is 0 Å². The van der Waals surface area contributed by atoms with Crippen molar-refractivity contribution in [1.29, 1.82) is 0 Å². The molecule has 2 aromatic rings. The molecule has 0 atom stereocenters. The number of ether oxygens (including phenoxy) is 1. The second-order valence-corrected chi connectivity index (χ2v) is 4.42. The van der Waals surface area contributed by atoms with Gasteiger partial charge in [0, 0.05) is 15.6 Å². The molecular formula is C11H12BrN3O2. The summed E-state index contributed by atoms with van der Waals surface area (Å²) in [6, 6.07) is 1.75. The van der Waals surface area contributed by atoms with E-state index in [0.717, 1.165) is 10.0 Å². The number of nitrogens with two attached hydrogens (primary N) is 1. The number of H-pyrrole nitrogens is 1. The van der Waals surface area contributed by atoms with Crippen molar-refractivity contribution in [1.82, 2.24) is 10.2 Å². The van der Waals surface area contributed by atoms with Crippen molar-refractivity contribution >= 4 is 21.7 Å². The normalized spacial score (nSPS) is 10.5. The number of nitrogen functional groups attached to an aromatic ring is 1. The third-order valence-corrected chi connectivity index (χ3v) is 3.56. The van der Waals surface area contributed by atoms with E-state index in [2.05, 4.69) is 26.1 Å². The minimum absolute atomic E-state index is 0.0399. The summed E-state index contributed by atoms with van der Waals surface area (Å²) in [5.41, 5.74) is 7.91. The lowest BCUT2D eigenvalue weighted by Crippen LogP contribution is -1.93. The number of hydrogen-bond acceptors (Lipinski definition) is 4. The van der Waals surface area contributed by atoms with Crippen LogP contribution in [0.25, 0.3) is 11.1 Å². The highest BCUT2D eigenvalue weighted by atomic mass is 79.9. The summed E-state index contributed by atoms with van der Waals surface area (Å²) >= 11 is 3.44. The molecule has 4 N–H and O–H groups in total. The monoisotopic (exact) mass is 297 g/mol. The van der Waals surface area contributed by atoms with Gasteiger partial charge in [0.15, 0.2) is 11.5 Å². The number of benzene rings is 1. The highest BCUT2D eigenvalue weighted by Gasteiger charge is 2.19. The summed E-state index contributed by atoms with van der Waals surface area (Å²) in [7, 11) is 1.50. The molecule has 0 spiro atoms. The van der Waals surface area contributed by atoms with Crippen molar-refractivity contribution in [2.24, 2.45) is 0 Å². The molecule has 90 valence electrons. The largest absolute Gasteiger partial charge is 0.504 e. The third kappa shape index (κ3) is 1.84. The number of anilines is 1. The van der Waals surface area contributed by atoms with E-state index < -0.39 is 0 Å². The smallest absolute Gasteiger partial charge is 0.167 e. The molecule has 0 aliphatic heterocycles. The van der Waals surface area contributed by atoms with Gasteiger partial charge in [0.1, 0.15) is 5.82 Å². The Labute approximate surface area is 107 Å². The topological polar surface area (TPSA) is 84.2 Å². The molecule has 1 heterocycles. The van der Waals surface area contributed by atoms with Gasteiger partial charge in [0.2, 0.25) is 0 Å². The zero-order valence-corrected chi connectivity index (χ0v) is 11.0. The van der Waals surface area contributed by atoms with Crippen molar-refractivity contribution in [3.8, 4) is 22.6 Å². The predicted molar refractivity (Wildman–Crippen MR) is 69.1 cm³/mol. The molecule has 0 aliphatic carbocycles. The number of hydrogen-bond donors (Lipinski definition) is 3. The first-order valence-electron chi connectivity index (χ1n) is 4.91. The molecule has 0 radical (unpaired) electrons. The van der Waals surface area contributed by atoms with E-state index in [1.165, 1.54) is 7.11 Å². The second-order valence-electron chi connectivity index (χ2n) is 3.63. The Morgan fingerprint density at radius 1 is 1.53 bits per heavy atom. The number of nitrogens with zero attached hydrogens (tertiary/aromatic N) is 1. The van der Waals surface area contributed by atoms with Crippen LogP contribution in [0.2, 0.25) is 0 Å². The molecule has 1 aromatic carbocycles. The Bertz CT molecular complexity index is 566. The van der Waals surface area contributed by atoms with Crippen LogP contribution in [0.1, 0.15) is 5.56 Å². The summed E-state index contributed by atoms with van der Waals surface area (Å²) in [5.74, 6) is 0.841. The van der Waals surface area contributed by atoms with Crippen molar-refractivity contribution in [2.45, 2.75) is 6.92 Å². The molecular weight excluding hydrogens is 286 g/mol. The maximum absolute atomic E-state index is 10.1. The van der Waals surface area contributed by atoms with Crippen LogP contribution in [-0.4, -0.2) is 22.4 Å². The number of aromatic hydroxyl groups is 1. The molecule has 0 saturated heterocycles. The first-order chi connectivity index (χ1) is 8.06. The fraction of sp³-hybridized carbons (Fsp3) is 0.182. The lowest BCUT2D eigenvalue weighted by Gasteiger charge is -2.12. The quantitative estimate of drug-likeness (QED) is 0.795. The summed E-state index contributed by atoms with van der Waals surface area (Å²) in [6.07, 6.45) is 1.56. The molecule has 2 rings (SSSR count). The predicted octanol–water partition coefficient (Wildman–Crippen LogP) is 2.44. The molecule has 0 unspecified atom stereocenters. The molecule has 17 heavy (non-hydrogen) atoms. The van der Waals surface area contributed by atoms with Gasteiger partial charge in [-0.05, 0) is 34.5 Å². The maximum Gasteiger partial charge on any atom is 0.167 e. The van der Waals surface area contributed by atoms with E-state index in [0.29, 0.717) is 22.7 Å². The van der Waals surface area contributed by atoms with Gasteiger partial charge in [0.25, 0.3) is 0 Å². The molecule has 5 nitrogen and oxygen atoms in total. The number of aromatic amines is 1. The molecule has 1 aromatic heterocycles. The number of nitrogens with one attached hydrogen (secondary N) is 1. The Kier molecular flexibility index (Phi) is 2.97. The van der Waals surface area contributed by atoms with Crippen LogP contribution < -0.4 is 10.5 Å². The van der Waals surface area contributed by atoms with Crippen LogP contribution in [0.5, 0.6) is 11.5 Å².